The SMILES string of the molecule is O=C(CNC(=O)c1ccc(Br)o1)Nc1ccc(Cn2ccccc2=O)cc1. The number of nitrogens with one attached hydrogen (secondary N) is 2. The number of nitrogens with zero attached hydrogens (tertiary/aromatic N) is 1. The number of hydrogen-bond donors (Lipinski definition) is 2. The molecule has 0 aliphatic rings. The molecular formula is C19H16BrN3O4. The highest BCUT2D eigenvalue weighted by molar-refractivity contribution is 9.10. The van der Waals surface area contributed by atoms with Crippen LogP contribution in [0.4, 0.5) is 5.69 Å². The summed E-state index contributed by atoms with van der Waals surface area (Å²) in [5.41, 5.74) is 1.45. The second kappa shape index (κ2) is 8.50. The fourth-order valence-corrected chi connectivity index (χ4v) is 2.68. The highest BCUT2D eigenvalue weighted by Gasteiger charge is 2.12. The van der Waals surface area contributed by atoms with Crippen molar-refractivity contribution in [1.29, 1.82) is 0 Å². The molecule has 8 heteroatoms. The van der Waals surface area contributed by atoms with Crippen molar-refractivity contribution >= 4 is 33.4 Å². The molecule has 3 rings (SSSR count). The van der Waals surface area contributed by atoms with Gasteiger partial charge < -0.3 is 19.6 Å². The third-order valence-corrected chi connectivity index (χ3v) is 4.12. The summed E-state index contributed by atoms with van der Waals surface area (Å²) in [5.74, 6) is -0.712. The van der Waals surface area contributed by atoms with Crippen LogP contribution in [0.2, 0.25) is 0 Å². The van der Waals surface area contributed by atoms with E-state index in [1.807, 2.05) is 12.1 Å². The predicted molar refractivity (Wildman–Crippen MR) is 104 cm³/mol. The van der Waals surface area contributed by atoms with Crippen LogP contribution in [0.1, 0.15) is 16.1 Å². The third kappa shape index (κ3) is 5.18. The summed E-state index contributed by atoms with van der Waals surface area (Å²) in [7, 11) is 0. The number of furan rings is 1. The maximum Gasteiger partial charge on any atom is 0.287 e. The Kier molecular flexibility index (Phi) is 5.87. The molecule has 0 aliphatic heterocycles. The van der Waals surface area contributed by atoms with Gasteiger partial charge in [0.25, 0.3) is 11.5 Å². The van der Waals surface area contributed by atoms with Crippen molar-refractivity contribution in [3.05, 3.63) is 87.1 Å². The zero-order valence-corrected chi connectivity index (χ0v) is 15.7. The summed E-state index contributed by atoms with van der Waals surface area (Å²) in [5, 5.41) is 5.17. The molecule has 2 heterocycles. The fourth-order valence-electron chi connectivity index (χ4n) is 2.37. The minimum atomic E-state index is -0.473. The van der Waals surface area contributed by atoms with Gasteiger partial charge in [-0.3, -0.25) is 14.4 Å². The molecule has 2 N–H and O–H groups in total. The van der Waals surface area contributed by atoms with E-state index in [-0.39, 0.29) is 23.8 Å². The molecule has 0 spiro atoms. The first kappa shape index (κ1) is 18.7. The first-order valence-corrected chi connectivity index (χ1v) is 8.88. The molecule has 2 aromatic heterocycles. The van der Waals surface area contributed by atoms with Crippen LogP contribution in [0.15, 0.2) is 74.7 Å². The van der Waals surface area contributed by atoms with Crippen LogP contribution >= 0.6 is 15.9 Å². The fraction of sp³-hybridized carbons (Fsp3) is 0.105. The van der Waals surface area contributed by atoms with Gasteiger partial charge in [-0.2, -0.15) is 0 Å². The predicted octanol–water partition coefficient (Wildman–Crippen LogP) is 2.62. The number of rotatable bonds is 6. The molecule has 3 aromatic rings. The van der Waals surface area contributed by atoms with Gasteiger partial charge in [-0.25, -0.2) is 0 Å². The molecule has 138 valence electrons. The van der Waals surface area contributed by atoms with E-state index >= 15 is 0 Å². The lowest BCUT2D eigenvalue weighted by Gasteiger charge is -2.08. The van der Waals surface area contributed by atoms with Crippen LogP contribution in [-0.2, 0) is 11.3 Å². The van der Waals surface area contributed by atoms with E-state index in [2.05, 4.69) is 26.6 Å². The minimum Gasteiger partial charge on any atom is -0.444 e. The van der Waals surface area contributed by atoms with E-state index in [4.69, 9.17) is 4.42 Å². The Labute approximate surface area is 163 Å². The Morgan fingerprint density at radius 3 is 2.48 bits per heavy atom. The van der Waals surface area contributed by atoms with Gasteiger partial charge in [0.1, 0.15) is 0 Å². The number of anilines is 1. The topological polar surface area (TPSA) is 93.3 Å². The number of amides is 2. The third-order valence-electron chi connectivity index (χ3n) is 3.70. The Hall–Kier alpha value is -3.13. The molecular weight excluding hydrogens is 414 g/mol. The highest BCUT2D eigenvalue weighted by atomic mass is 79.9. The summed E-state index contributed by atoms with van der Waals surface area (Å²) < 4.78 is 7.15. The number of carbonyl (C=O) groups is 2. The first-order valence-electron chi connectivity index (χ1n) is 8.09. The van der Waals surface area contributed by atoms with E-state index in [1.54, 1.807) is 41.1 Å². The quantitative estimate of drug-likeness (QED) is 0.629. The van der Waals surface area contributed by atoms with Crippen LogP contribution in [0.5, 0.6) is 0 Å². The lowest BCUT2D eigenvalue weighted by atomic mass is 10.2. The Balaban J connectivity index is 1.52. The Bertz CT molecular complexity index is 1010. The number of hydrogen-bond acceptors (Lipinski definition) is 4. The van der Waals surface area contributed by atoms with Gasteiger partial charge in [-0.1, -0.05) is 18.2 Å². The summed E-state index contributed by atoms with van der Waals surface area (Å²) in [6, 6.07) is 15.2. The molecule has 0 aliphatic carbocycles. The van der Waals surface area contributed by atoms with Gasteiger partial charge in [-0.05, 0) is 51.8 Å². The standard InChI is InChI=1S/C19H16BrN3O4/c20-16-9-8-15(27-16)19(26)21-11-17(24)22-14-6-4-13(5-7-14)12-23-10-2-1-3-18(23)25/h1-10H,11-12H2,(H,21,26)(H,22,24). The Morgan fingerprint density at radius 1 is 1.04 bits per heavy atom. The molecule has 0 fully saturated rings. The van der Waals surface area contributed by atoms with Crippen molar-refractivity contribution in [2.24, 2.45) is 0 Å². The first-order chi connectivity index (χ1) is 13.0. The summed E-state index contributed by atoms with van der Waals surface area (Å²) in [6.45, 7) is 0.265. The van der Waals surface area contributed by atoms with Crippen LogP contribution in [-0.4, -0.2) is 22.9 Å². The van der Waals surface area contributed by atoms with Gasteiger partial charge in [-0.15, -0.1) is 0 Å². The molecule has 0 bridgehead atoms. The zero-order valence-electron chi connectivity index (χ0n) is 14.1. The lowest BCUT2D eigenvalue weighted by Crippen LogP contribution is -2.32. The van der Waals surface area contributed by atoms with Crippen molar-refractivity contribution in [1.82, 2.24) is 9.88 Å². The molecule has 0 radical (unpaired) electrons. The second-order valence-corrected chi connectivity index (χ2v) is 6.48. The van der Waals surface area contributed by atoms with Crippen molar-refractivity contribution in [2.45, 2.75) is 6.54 Å². The van der Waals surface area contributed by atoms with Crippen LogP contribution in [0.3, 0.4) is 0 Å². The van der Waals surface area contributed by atoms with E-state index in [1.165, 1.54) is 12.1 Å². The molecule has 0 saturated heterocycles. The molecule has 0 atom stereocenters. The number of pyridine rings is 1. The van der Waals surface area contributed by atoms with Crippen molar-refractivity contribution in [2.75, 3.05) is 11.9 Å². The van der Waals surface area contributed by atoms with Crippen LogP contribution in [0, 0.1) is 0 Å². The average molecular weight is 430 g/mol. The smallest absolute Gasteiger partial charge is 0.287 e. The monoisotopic (exact) mass is 429 g/mol. The molecule has 7 nitrogen and oxygen atoms in total. The maximum atomic E-state index is 12.0. The van der Waals surface area contributed by atoms with E-state index in [0.717, 1.165) is 5.56 Å². The maximum absolute atomic E-state index is 12.0. The minimum absolute atomic E-state index is 0.0748. The molecule has 0 saturated carbocycles. The lowest BCUT2D eigenvalue weighted by molar-refractivity contribution is -0.115. The number of aromatic nitrogens is 1. The molecule has 2 amide bonds. The van der Waals surface area contributed by atoms with Crippen molar-refractivity contribution in [3.8, 4) is 0 Å². The summed E-state index contributed by atoms with van der Waals surface area (Å²) in [4.78, 5) is 35.5. The van der Waals surface area contributed by atoms with Gasteiger partial charge in [0.05, 0.1) is 13.1 Å². The average Bonchev–Trinajstić information content (AvgIpc) is 3.10. The molecule has 27 heavy (non-hydrogen) atoms. The Morgan fingerprint density at radius 2 is 1.81 bits per heavy atom. The van der Waals surface area contributed by atoms with Gasteiger partial charge in [0, 0.05) is 18.0 Å². The zero-order chi connectivity index (χ0) is 19.2. The summed E-state index contributed by atoms with van der Waals surface area (Å²) >= 11 is 3.11. The van der Waals surface area contributed by atoms with Gasteiger partial charge >= 0.3 is 0 Å². The van der Waals surface area contributed by atoms with Crippen molar-refractivity contribution in [3.63, 3.8) is 0 Å². The van der Waals surface area contributed by atoms with Gasteiger partial charge in [0.15, 0.2) is 10.4 Å². The molecule has 1 aromatic carbocycles. The largest absolute Gasteiger partial charge is 0.444 e. The number of benzene rings is 1. The van der Waals surface area contributed by atoms with Crippen LogP contribution < -0.4 is 16.2 Å². The van der Waals surface area contributed by atoms with Gasteiger partial charge in [0.2, 0.25) is 5.91 Å². The van der Waals surface area contributed by atoms with E-state index in [9.17, 15) is 14.4 Å². The van der Waals surface area contributed by atoms with E-state index < -0.39 is 5.91 Å². The highest BCUT2D eigenvalue weighted by Crippen LogP contribution is 2.14. The van der Waals surface area contributed by atoms with E-state index in [0.29, 0.717) is 16.9 Å². The number of carbonyl (C=O) groups excluding carboxylic acids is 2. The second-order valence-electron chi connectivity index (χ2n) is 5.70. The van der Waals surface area contributed by atoms with Crippen LogP contribution in [0.25, 0.3) is 0 Å². The molecule has 0 unspecified atom stereocenters. The summed E-state index contributed by atoms with van der Waals surface area (Å²) in [6.07, 6.45) is 1.72. The normalized spacial score (nSPS) is 10.4. The van der Waals surface area contributed by atoms with Crippen molar-refractivity contribution < 1.29 is 14.0 Å². The number of halogens is 1.